The molecular formula is C25H48. The van der Waals surface area contributed by atoms with Gasteiger partial charge in [0.15, 0.2) is 0 Å². The minimum atomic E-state index is 1.09. The van der Waals surface area contributed by atoms with Crippen LogP contribution in [-0.2, 0) is 0 Å². The van der Waals surface area contributed by atoms with Gasteiger partial charge in [0.2, 0.25) is 0 Å². The van der Waals surface area contributed by atoms with E-state index in [1.54, 1.807) is 57.8 Å². The van der Waals surface area contributed by atoms with Crippen LogP contribution in [0.2, 0.25) is 0 Å². The molecule has 2 saturated carbocycles. The van der Waals surface area contributed by atoms with Crippen LogP contribution >= 0.6 is 0 Å². The van der Waals surface area contributed by atoms with Crippen molar-refractivity contribution in [1.29, 1.82) is 0 Å². The minimum absolute atomic E-state index is 1.09. The summed E-state index contributed by atoms with van der Waals surface area (Å²) in [5.41, 5.74) is 0. The first kappa shape index (κ1) is 21.3. The molecule has 2 rings (SSSR count). The summed E-state index contributed by atoms with van der Waals surface area (Å²) >= 11 is 0. The Morgan fingerprint density at radius 1 is 0.440 bits per heavy atom. The Bertz CT molecular complexity index is 291. The first-order valence-electron chi connectivity index (χ1n) is 12.3. The van der Waals surface area contributed by atoms with Gasteiger partial charge in [0.1, 0.15) is 0 Å². The second-order valence-corrected chi connectivity index (χ2v) is 9.61. The normalized spacial score (nSPS) is 30.5. The Kier molecular flexibility index (Phi) is 11.3. The van der Waals surface area contributed by atoms with Crippen molar-refractivity contribution in [2.75, 3.05) is 0 Å². The summed E-state index contributed by atoms with van der Waals surface area (Å²) < 4.78 is 0. The van der Waals surface area contributed by atoms with E-state index >= 15 is 0 Å². The predicted molar refractivity (Wildman–Crippen MR) is 113 cm³/mol. The van der Waals surface area contributed by atoms with Gasteiger partial charge in [0.25, 0.3) is 0 Å². The Morgan fingerprint density at radius 3 is 1.32 bits per heavy atom. The lowest BCUT2D eigenvalue weighted by Gasteiger charge is -2.38. The molecule has 0 heterocycles. The molecule has 0 heteroatoms. The van der Waals surface area contributed by atoms with Gasteiger partial charge < -0.3 is 0 Å². The van der Waals surface area contributed by atoms with E-state index in [2.05, 4.69) is 13.8 Å². The number of rotatable bonds is 12. The average Bonchev–Trinajstić information content (AvgIpc) is 2.66. The van der Waals surface area contributed by atoms with E-state index in [0.717, 1.165) is 23.7 Å². The molecule has 0 saturated heterocycles. The van der Waals surface area contributed by atoms with E-state index in [1.807, 2.05) is 0 Å². The standard InChI is InChI=1S/C25H48/c1-3-5-7-8-9-10-11-13-23-16-20-25(21-17-23)24-18-14-22(15-19-24)12-6-4-2/h22-25H,3-21H2,1-2H3. The predicted octanol–water partition coefficient (Wildman–Crippen LogP) is 8.93. The zero-order valence-electron chi connectivity index (χ0n) is 17.7. The van der Waals surface area contributed by atoms with Gasteiger partial charge in [-0.25, -0.2) is 0 Å². The van der Waals surface area contributed by atoms with Gasteiger partial charge in [-0.2, -0.15) is 0 Å². The van der Waals surface area contributed by atoms with E-state index < -0.39 is 0 Å². The molecule has 0 aromatic rings. The molecule has 0 N–H and O–H groups in total. The highest BCUT2D eigenvalue weighted by atomic mass is 14.4. The lowest BCUT2D eigenvalue weighted by atomic mass is 9.68. The third-order valence-electron chi connectivity index (χ3n) is 7.63. The van der Waals surface area contributed by atoms with Crippen molar-refractivity contribution in [3.8, 4) is 0 Å². The third kappa shape index (κ3) is 8.49. The van der Waals surface area contributed by atoms with Gasteiger partial charge in [0.05, 0.1) is 0 Å². The van der Waals surface area contributed by atoms with Gasteiger partial charge in [-0.3, -0.25) is 0 Å². The van der Waals surface area contributed by atoms with Gasteiger partial charge in [-0.1, -0.05) is 110 Å². The van der Waals surface area contributed by atoms with Crippen molar-refractivity contribution >= 4 is 0 Å². The maximum absolute atomic E-state index is 2.34. The van der Waals surface area contributed by atoms with Crippen LogP contribution in [0.25, 0.3) is 0 Å². The van der Waals surface area contributed by atoms with E-state index in [4.69, 9.17) is 0 Å². The maximum Gasteiger partial charge on any atom is -0.0386 e. The molecule has 0 bridgehead atoms. The molecule has 2 aliphatic rings. The fourth-order valence-corrected chi connectivity index (χ4v) is 5.78. The molecule has 0 aliphatic heterocycles. The first-order chi connectivity index (χ1) is 12.3. The zero-order chi connectivity index (χ0) is 17.7. The summed E-state index contributed by atoms with van der Waals surface area (Å²) in [5, 5.41) is 0. The summed E-state index contributed by atoms with van der Waals surface area (Å²) in [6.45, 7) is 4.66. The first-order valence-corrected chi connectivity index (χ1v) is 12.3. The molecule has 0 amide bonds. The Balaban J connectivity index is 1.49. The van der Waals surface area contributed by atoms with Crippen molar-refractivity contribution in [3.63, 3.8) is 0 Å². The molecule has 2 aliphatic carbocycles. The fourth-order valence-electron chi connectivity index (χ4n) is 5.78. The van der Waals surface area contributed by atoms with Crippen LogP contribution in [0.4, 0.5) is 0 Å². The summed E-state index contributed by atoms with van der Waals surface area (Å²) in [6.07, 6.45) is 28.8. The molecule has 0 unspecified atom stereocenters. The highest BCUT2D eigenvalue weighted by Gasteiger charge is 2.30. The molecule has 0 aromatic heterocycles. The number of hydrogen-bond acceptors (Lipinski definition) is 0. The lowest BCUT2D eigenvalue weighted by Crippen LogP contribution is -2.25. The Labute approximate surface area is 159 Å². The van der Waals surface area contributed by atoms with Crippen LogP contribution in [0.1, 0.15) is 136 Å². The van der Waals surface area contributed by atoms with Crippen LogP contribution in [-0.4, -0.2) is 0 Å². The smallest absolute Gasteiger partial charge is 0.0386 e. The lowest BCUT2D eigenvalue weighted by molar-refractivity contribution is 0.139. The van der Waals surface area contributed by atoms with Gasteiger partial charge >= 0.3 is 0 Å². The second-order valence-electron chi connectivity index (χ2n) is 9.61. The molecule has 0 aromatic carbocycles. The van der Waals surface area contributed by atoms with Crippen molar-refractivity contribution in [2.24, 2.45) is 23.7 Å². The van der Waals surface area contributed by atoms with Gasteiger partial charge in [0, 0.05) is 0 Å². The van der Waals surface area contributed by atoms with Gasteiger partial charge in [-0.15, -0.1) is 0 Å². The topological polar surface area (TPSA) is 0 Å². The van der Waals surface area contributed by atoms with Crippen molar-refractivity contribution in [3.05, 3.63) is 0 Å². The van der Waals surface area contributed by atoms with Crippen LogP contribution in [0.15, 0.2) is 0 Å². The molecule has 0 nitrogen and oxygen atoms in total. The summed E-state index contributed by atoms with van der Waals surface area (Å²) in [7, 11) is 0. The van der Waals surface area contributed by atoms with Crippen LogP contribution in [0.3, 0.4) is 0 Å². The number of hydrogen-bond donors (Lipinski definition) is 0. The molecule has 2 fully saturated rings. The van der Waals surface area contributed by atoms with E-state index in [0.29, 0.717) is 0 Å². The summed E-state index contributed by atoms with van der Waals surface area (Å²) in [6, 6.07) is 0. The van der Waals surface area contributed by atoms with Crippen molar-refractivity contribution in [2.45, 2.75) is 136 Å². The molecule has 0 radical (unpaired) electrons. The van der Waals surface area contributed by atoms with E-state index in [-0.39, 0.29) is 0 Å². The quantitative estimate of drug-likeness (QED) is 0.309. The van der Waals surface area contributed by atoms with E-state index in [1.165, 1.54) is 64.2 Å². The molecule has 25 heavy (non-hydrogen) atoms. The minimum Gasteiger partial charge on any atom is -0.0654 e. The zero-order valence-corrected chi connectivity index (χ0v) is 17.7. The molecule has 0 spiro atoms. The summed E-state index contributed by atoms with van der Waals surface area (Å²) in [5.74, 6) is 4.40. The summed E-state index contributed by atoms with van der Waals surface area (Å²) in [4.78, 5) is 0. The highest BCUT2D eigenvalue weighted by Crippen LogP contribution is 2.43. The molecule has 148 valence electrons. The van der Waals surface area contributed by atoms with Crippen LogP contribution in [0.5, 0.6) is 0 Å². The van der Waals surface area contributed by atoms with Gasteiger partial charge in [-0.05, 0) is 49.4 Å². The SMILES string of the molecule is CCCCCCCCCC1CCC(C2CCC(CCCC)CC2)CC1. The maximum atomic E-state index is 2.34. The third-order valence-corrected chi connectivity index (χ3v) is 7.63. The molecule has 0 atom stereocenters. The Hall–Kier alpha value is 0. The van der Waals surface area contributed by atoms with Crippen molar-refractivity contribution < 1.29 is 0 Å². The Morgan fingerprint density at radius 2 is 0.840 bits per heavy atom. The monoisotopic (exact) mass is 348 g/mol. The highest BCUT2D eigenvalue weighted by molar-refractivity contribution is 4.82. The molecular weight excluding hydrogens is 300 g/mol. The van der Waals surface area contributed by atoms with Crippen molar-refractivity contribution in [1.82, 2.24) is 0 Å². The fraction of sp³-hybridized carbons (Fsp3) is 1.00. The second kappa shape index (κ2) is 13.2. The van der Waals surface area contributed by atoms with E-state index in [9.17, 15) is 0 Å². The average molecular weight is 349 g/mol. The largest absolute Gasteiger partial charge is 0.0654 e. The van der Waals surface area contributed by atoms with Crippen LogP contribution in [0, 0.1) is 23.7 Å². The van der Waals surface area contributed by atoms with Crippen LogP contribution < -0.4 is 0 Å². The number of unbranched alkanes of at least 4 members (excludes halogenated alkanes) is 7.